The smallest absolute Gasteiger partial charge is 0.141 e. The minimum absolute atomic E-state index is 0.123. The molecule has 0 fully saturated rings. The lowest BCUT2D eigenvalue weighted by Crippen LogP contribution is -2.25. The number of hydrogen-bond acceptors (Lipinski definition) is 2. The molecule has 0 aliphatic rings. The van der Waals surface area contributed by atoms with Crippen LogP contribution < -0.4 is 5.32 Å². The van der Waals surface area contributed by atoms with Crippen molar-refractivity contribution in [1.82, 2.24) is 10.3 Å². The third-order valence-corrected chi connectivity index (χ3v) is 3.27. The van der Waals surface area contributed by atoms with E-state index in [2.05, 4.69) is 48.4 Å². The van der Waals surface area contributed by atoms with Crippen LogP contribution in [0.3, 0.4) is 0 Å². The zero-order valence-electron chi connectivity index (χ0n) is 12.1. The Bertz CT molecular complexity index is 537. The predicted molar refractivity (Wildman–Crippen MR) is 80.1 cm³/mol. The van der Waals surface area contributed by atoms with Crippen LogP contribution in [0.25, 0.3) is 0 Å². The molecule has 0 amide bonds. The molecule has 1 heterocycles. The summed E-state index contributed by atoms with van der Waals surface area (Å²) in [5.41, 5.74) is 3.41. The van der Waals surface area contributed by atoms with E-state index in [4.69, 9.17) is 0 Å². The summed E-state index contributed by atoms with van der Waals surface area (Å²) in [5.74, 6) is -0.293. The average Bonchev–Trinajstić information content (AvgIpc) is 2.44. The van der Waals surface area contributed by atoms with Crippen LogP contribution in [0.15, 0.2) is 42.6 Å². The minimum Gasteiger partial charge on any atom is -0.308 e. The molecule has 0 spiro atoms. The van der Waals surface area contributed by atoms with E-state index in [1.54, 1.807) is 6.07 Å². The summed E-state index contributed by atoms with van der Waals surface area (Å²) in [7, 11) is 0. The Morgan fingerprint density at radius 2 is 2.10 bits per heavy atom. The molecule has 0 radical (unpaired) electrons. The van der Waals surface area contributed by atoms with Gasteiger partial charge in [-0.25, -0.2) is 4.39 Å². The molecule has 3 heteroatoms. The van der Waals surface area contributed by atoms with Crippen LogP contribution in [0.1, 0.15) is 36.2 Å². The Morgan fingerprint density at radius 1 is 1.25 bits per heavy atom. The lowest BCUT2D eigenvalue weighted by molar-refractivity contribution is 0.514. The third kappa shape index (κ3) is 4.14. The second-order valence-electron chi connectivity index (χ2n) is 5.10. The van der Waals surface area contributed by atoms with E-state index in [-0.39, 0.29) is 11.9 Å². The number of rotatable bonds is 6. The third-order valence-electron chi connectivity index (χ3n) is 3.27. The topological polar surface area (TPSA) is 24.9 Å². The molecule has 2 nitrogen and oxygen atoms in total. The van der Waals surface area contributed by atoms with Crippen LogP contribution in [-0.2, 0) is 6.42 Å². The minimum atomic E-state index is -0.293. The van der Waals surface area contributed by atoms with Crippen molar-refractivity contribution in [3.63, 3.8) is 0 Å². The van der Waals surface area contributed by atoms with Gasteiger partial charge in [0.1, 0.15) is 5.82 Å². The Hall–Kier alpha value is -1.74. The second-order valence-corrected chi connectivity index (χ2v) is 5.10. The van der Waals surface area contributed by atoms with Crippen LogP contribution in [-0.4, -0.2) is 11.5 Å². The summed E-state index contributed by atoms with van der Waals surface area (Å²) in [6.07, 6.45) is 3.21. The molecule has 1 aromatic heterocycles. The highest BCUT2D eigenvalue weighted by Gasteiger charge is 2.13. The summed E-state index contributed by atoms with van der Waals surface area (Å²) in [6, 6.07) is 11.8. The Labute approximate surface area is 120 Å². The van der Waals surface area contributed by atoms with Gasteiger partial charge in [-0.15, -0.1) is 0 Å². The molecule has 1 atom stereocenters. The van der Waals surface area contributed by atoms with Gasteiger partial charge in [0.2, 0.25) is 0 Å². The van der Waals surface area contributed by atoms with Gasteiger partial charge in [0, 0.05) is 0 Å². The number of pyridine rings is 1. The fraction of sp³-hybridized carbons (Fsp3) is 0.353. The maximum absolute atomic E-state index is 13.0. The largest absolute Gasteiger partial charge is 0.308 e. The molecule has 0 aliphatic heterocycles. The van der Waals surface area contributed by atoms with Gasteiger partial charge in [-0.05, 0) is 44.0 Å². The first-order chi connectivity index (χ1) is 9.69. The van der Waals surface area contributed by atoms with E-state index in [0.29, 0.717) is 0 Å². The van der Waals surface area contributed by atoms with E-state index in [1.165, 1.54) is 23.4 Å². The summed E-state index contributed by atoms with van der Waals surface area (Å²) >= 11 is 0. The lowest BCUT2D eigenvalue weighted by atomic mass is 10.0. The predicted octanol–water partition coefficient (Wildman–Crippen LogP) is 3.81. The Balaban J connectivity index is 2.16. The molecule has 20 heavy (non-hydrogen) atoms. The van der Waals surface area contributed by atoms with Crippen LogP contribution in [0.4, 0.5) is 4.39 Å². The first-order valence-corrected chi connectivity index (χ1v) is 7.09. The lowest BCUT2D eigenvalue weighted by Gasteiger charge is -2.18. The second kappa shape index (κ2) is 7.15. The van der Waals surface area contributed by atoms with Crippen LogP contribution in [0.2, 0.25) is 0 Å². The molecule has 0 saturated carbocycles. The Morgan fingerprint density at radius 3 is 2.75 bits per heavy atom. The molecule has 0 saturated heterocycles. The van der Waals surface area contributed by atoms with Gasteiger partial charge >= 0.3 is 0 Å². The van der Waals surface area contributed by atoms with Crippen molar-refractivity contribution in [1.29, 1.82) is 0 Å². The van der Waals surface area contributed by atoms with Crippen molar-refractivity contribution < 1.29 is 4.39 Å². The molecular weight excluding hydrogens is 251 g/mol. The molecule has 1 aromatic carbocycles. The van der Waals surface area contributed by atoms with Gasteiger partial charge in [-0.1, -0.05) is 36.8 Å². The summed E-state index contributed by atoms with van der Waals surface area (Å²) < 4.78 is 13.0. The molecule has 0 aliphatic carbocycles. The number of aromatic nitrogens is 1. The monoisotopic (exact) mass is 272 g/mol. The number of nitrogens with zero attached hydrogens (tertiary/aromatic N) is 1. The van der Waals surface area contributed by atoms with Crippen molar-refractivity contribution in [2.75, 3.05) is 6.54 Å². The Kier molecular flexibility index (Phi) is 5.24. The van der Waals surface area contributed by atoms with Crippen molar-refractivity contribution in [2.24, 2.45) is 0 Å². The fourth-order valence-electron chi connectivity index (χ4n) is 2.27. The van der Waals surface area contributed by atoms with Gasteiger partial charge in [0.25, 0.3) is 0 Å². The molecule has 1 unspecified atom stereocenters. The first-order valence-electron chi connectivity index (χ1n) is 7.09. The van der Waals surface area contributed by atoms with Crippen molar-refractivity contribution in [2.45, 2.75) is 32.7 Å². The van der Waals surface area contributed by atoms with E-state index >= 15 is 0 Å². The van der Waals surface area contributed by atoms with E-state index < -0.39 is 0 Å². The number of benzene rings is 1. The van der Waals surface area contributed by atoms with Crippen molar-refractivity contribution >= 4 is 0 Å². The van der Waals surface area contributed by atoms with Gasteiger partial charge in [0.15, 0.2) is 0 Å². The van der Waals surface area contributed by atoms with Crippen LogP contribution in [0, 0.1) is 12.7 Å². The average molecular weight is 272 g/mol. The van der Waals surface area contributed by atoms with Gasteiger partial charge < -0.3 is 5.32 Å². The van der Waals surface area contributed by atoms with Gasteiger partial charge in [-0.3, -0.25) is 4.98 Å². The number of halogens is 1. The maximum atomic E-state index is 13.0. The number of hydrogen-bond donors (Lipinski definition) is 1. The normalized spacial score (nSPS) is 12.3. The molecular formula is C17H21FN2. The zero-order chi connectivity index (χ0) is 14.4. The number of aryl methyl sites for hydroxylation is 1. The molecule has 1 N–H and O–H groups in total. The molecule has 0 bridgehead atoms. The molecule has 2 aromatic rings. The van der Waals surface area contributed by atoms with Crippen LogP contribution in [0.5, 0.6) is 0 Å². The van der Waals surface area contributed by atoms with Crippen molar-refractivity contribution in [3.8, 4) is 0 Å². The highest BCUT2D eigenvalue weighted by Crippen LogP contribution is 2.17. The molecule has 106 valence electrons. The first kappa shape index (κ1) is 14.7. The standard InChI is InChI=1S/C17H21FN2/c1-3-9-19-17(16-8-7-15(18)12-20-16)11-14-6-4-5-13(2)10-14/h4-8,10,12,17,19H,3,9,11H2,1-2H3. The highest BCUT2D eigenvalue weighted by molar-refractivity contribution is 5.24. The zero-order valence-corrected chi connectivity index (χ0v) is 12.1. The highest BCUT2D eigenvalue weighted by atomic mass is 19.1. The van der Waals surface area contributed by atoms with E-state index in [0.717, 1.165) is 25.1 Å². The van der Waals surface area contributed by atoms with E-state index in [1.807, 2.05) is 0 Å². The van der Waals surface area contributed by atoms with Gasteiger partial charge in [0.05, 0.1) is 17.9 Å². The summed E-state index contributed by atoms with van der Waals surface area (Å²) in [4.78, 5) is 4.21. The summed E-state index contributed by atoms with van der Waals surface area (Å²) in [5, 5.41) is 3.49. The quantitative estimate of drug-likeness (QED) is 0.865. The number of nitrogens with one attached hydrogen (secondary N) is 1. The molecule has 2 rings (SSSR count). The van der Waals surface area contributed by atoms with E-state index in [9.17, 15) is 4.39 Å². The fourth-order valence-corrected chi connectivity index (χ4v) is 2.27. The SMILES string of the molecule is CCCNC(Cc1cccc(C)c1)c1ccc(F)cn1. The van der Waals surface area contributed by atoms with Crippen molar-refractivity contribution in [3.05, 3.63) is 65.2 Å². The summed E-state index contributed by atoms with van der Waals surface area (Å²) in [6.45, 7) is 5.15. The maximum Gasteiger partial charge on any atom is 0.141 e. The van der Waals surface area contributed by atoms with Crippen LogP contribution >= 0.6 is 0 Å². The van der Waals surface area contributed by atoms with Gasteiger partial charge in [-0.2, -0.15) is 0 Å².